The highest BCUT2D eigenvalue weighted by atomic mass is 16.5. The summed E-state index contributed by atoms with van der Waals surface area (Å²) < 4.78 is 12.4. The second-order valence-electron chi connectivity index (χ2n) is 6.80. The summed E-state index contributed by atoms with van der Waals surface area (Å²) >= 11 is 0. The van der Waals surface area contributed by atoms with Gasteiger partial charge in [0.15, 0.2) is 5.58 Å². The van der Waals surface area contributed by atoms with Crippen molar-refractivity contribution in [2.24, 2.45) is 0 Å². The second-order valence-corrected chi connectivity index (χ2v) is 6.80. The Labute approximate surface area is 172 Å². The van der Waals surface area contributed by atoms with Gasteiger partial charge in [0.25, 0.3) is 0 Å². The SMILES string of the molecule is O=C(CCCn1c(=O)oc2ccccc21)Nc1ccc(OCc2ccccc2)nc1. The van der Waals surface area contributed by atoms with Crippen LogP contribution in [-0.2, 0) is 17.9 Å². The molecule has 0 spiro atoms. The molecule has 2 heterocycles. The van der Waals surface area contributed by atoms with Crippen LogP contribution in [0.2, 0.25) is 0 Å². The molecule has 0 bridgehead atoms. The van der Waals surface area contributed by atoms with Crippen LogP contribution in [0.15, 0.2) is 82.1 Å². The second kappa shape index (κ2) is 9.09. The minimum Gasteiger partial charge on any atom is -0.473 e. The highest BCUT2D eigenvalue weighted by molar-refractivity contribution is 5.90. The van der Waals surface area contributed by atoms with Crippen LogP contribution in [-0.4, -0.2) is 15.5 Å². The number of ether oxygens (including phenoxy) is 1. The topological polar surface area (TPSA) is 86.4 Å². The molecule has 2 aromatic heterocycles. The molecular formula is C23H21N3O4. The molecule has 2 aromatic carbocycles. The first-order valence-electron chi connectivity index (χ1n) is 9.70. The van der Waals surface area contributed by atoms with Crippen molar-refractivity contribution in [2.75, 3.05) is 5.32 Å². The molecule has 1 amide bonds. The maximum atomic E-state index is 12.2. The number of nitrogens with zero attached hydrogens (tertiary/aromatic N) is 2. The van der Waals surface area contributed by atoms with Crippen LogP contribution in [0.3, 0.4) is 0 Å². The number of aromatic nitrogens is 2. The van der Waals surface area contributed by atoms with Crippen LogP contribution < -0.4 is 15.8 Å². The van der Waals surface area contributed by atoms with Gasteiger partial charge in [0.1, 0.15) is 6.61 Å². The molecule has 0 fully saturated rings. The Kier molecular flexibility index (Phi) is 5.89. The molecule has 0 aliphatic carbocycles. The Balaban J connectivity index is 1.25. The van der Waals surface area contributed by atoms with Crippen molar-refractivity contribution in [3.05, 3.63) is 89.0 Å². The average Bonchev–Trinajstić information content (AvgIpc) is 3.09. The van der Waals surface area contributed by atoms with Gasteiger partial charge in [-0.05, 0) is 30.2 Å². The van der Waals surface area contributed by atoms with Crippen molar-refractivity contribution in [1.29, 1.82) is 0 Å². The van der Waals surface area contributed by atoms with Crippen molar-refractivity contribution in [3.8, 4) is 5.88 Å². The van der Waals surface area contributed by atoms with Crippen molar-refractivity contribution in [1.82, 2.24) is 9.55 Å². The van der Waals surface area contributed by atoms with Gasteiger partial charge in [-0.25, -0.2) is 9.78 Å². The Hall–Kier alpha value is -3.87. The Morgan fingerprint density at radius 1 is 1.03 bits per heavy atom. The van der Waals surface area contributed by atoms with Crippen LogP contribution in [0.1, 0.15) is 18.4 Å². The number of pyridine rings is 1. The molecule has 7 nitrogen and oxygen atoms in total. The number of hydrogen-bond donors (Lipinski definition) is 1. The smallest absolute Gasteiger partial charge is 0.419 e. The summed E-state index contributed by atoms with van der Waals surface area (Å²) in [4.78, 5) is 28.4. The molecular weight excluding hydrogens is 382 g/mol. The van der Waals surface area contributed by atoms with Crippen molar-refractivity contribution >= 4 is 22.7 Å². The fourth-order valence-electron chi connectivity index (χ4n) is 3.12. The summed E-state index contributed by atoms with van der Waals surface area (Å²) in [6.45, 7) is 0.843. The molecule has 4 aromatic rings. The molecule has 0 atom stereocenters. The van der Waals surface area contributed by atoms with Gasteiger partial charge in [0.2, 0.25) is 11.8 Å². The van der Waals surface area contributed by atoms with Gasteiger partial charge in [0, 0.05) is 19.0 Å². The normalized spacial score (nSPS) is 10.8. The van der Waals surface area contributed by atoms with Gasteiger partial charge >= 0.3 is 5.76 Å². The zero-order valence-corrected chi connectivity index (χ0v) is 16.3. The number of amides is 1. The Bertz CT molecular complexity index is 1180. The van der Waals surface area contributed by atoms with Crippen LogP contribution in [0.25, 0.3) is 11.1 Å². The standard InChI is InChI=1S/C23H21N3O4/c27-21(11-6-14-26-19-9-4-5-10-20(19)30-23(26)28)25-18-12-13-22(24-15-18)29-16-17-7-2-1-3-8-17/h1-5,7-10,12-13,15H,6,11,14,16H2,(H,25,27). The number of aryl methyl sites for hydroxylation is 1. The van der Waals surface area contributed by atoms with E-state index in [2.05, 4.69) is 10.3 Å². The van der Waals surface area contributed by atoms with Gasteiger partial charge < -0.3 is 14.5 Å². The van der Waals surface area contributed by atoms with E-state index in [4.69, 9.17) is 9.15 Å². The summed E-state index contributed by atoms with van der Waals surface area (Å²) in [6.07, 6.45) is 2.35. The third kappa shape index (κ3) is 4.75. The van der Waals surface area contributed by atoms with Crippen molar-refractivity contribution < 1.29 is 13.9 Å². The predicted molar refractivity (Wildman–Crippen MR) is 113 cm³/mol. The number of carbonyl (C=O) groups is 1. The van der Waals surface area contributed by atoms with E-state index >= 15 is 0 Å². The van der Waals surface area contributed by atoms with E-state index in [1.54, 1.807) is 29.0 Å². The van der Waals surface area contributed by atoms with E-state index in [0.29, 0.717) is 36.7 Å². The lowest BCUT2D eigenvalue weighted by Crippen LogP contribution is -2.17. The molecule has 30 heavy (non-hydrogen) atoms. The molecule has 1 N–H and O–H groups in total. The molecule has 152 valence electrons. The first-order valence-corrected chi connectivity index (χ1v) is 9.70. The zero-order valence-electron chi connectivity index (χ0n) is 16.3. The number of oxazole rings is 1. The molecule has 0 aliphatic heterocycles. The number of para-hydroxylation sites is 2. The number of anilines is 1. The fraction of sp³-hybridized carbons (Fsp3) is 0.174. The molecule has 4 rings (SSSR count). The maximum Gasteiger partial charge on any atom is 0.419 e. The quantitative estimate of drug-likeness (QED) is 0.481. The molecule has 7 heteroatoms. The summed E-state index contributed by atoms with van der Waals surface area (Å²) in [5.74, 6) is -0.0643. The molecule has 0 aliphatic rings. The molecule has 0 saturated carbocycles. The van der Waals surface area contributed by atoms with Gasteiger partial charge in [-0.1, -0.05) is 42.5 Å². The van der Waals surface area contributed by atoms with Gasteiger partial charge in [-0.2, -0.15) is 0 Å². The van der Waals surface area contributed by atoms with E-state index in [1.807, 2.05) is 48.5 Å². The Morgan fingerprint density at radius 3 is 2.63 bits per heavy atom. The summed E-state index contributed by atoms with van der Waals surface area (Å²) in [5.41, 5.74) is 2.94. The lowest BCUT2D eigenvalue weighted by molar-refractivity contribution is -0.116. The first-order chi connectivity index (χ1) is 14.7. The summed E-state index contributed by atoms with van der Waals surface area (Å²) in [7, 11) is 0. The van der Waals surface area contributed by atoms with E-state index in [0.717, 1.165) is 11.1 Å². The van der Waals surface area contributed by atoms with Crippen molar-refractivity contribution in [3.63, 3.8) is 0 Å². The van der Waals surface area contributed by atoms with Crippen LogP contribution >= 0.6 is 0 Å². The van der Waals surface area contributed by atoms with E-state index < -0.39 is 5.76 Å². The highest BCUT2D eigenvalue weighted by Gasteiger charge is 2.09. The number of carbonyl (C=O) groups excluding carboxylic acids is 1. The third-order valence-electron chi connectivity index (χ3n) is 4.61. The van der Waals surface area contributed by atoms with E-state index in [9.17, 15) is 9.59 Å². The average molecular weight is 403 g/mol. The molecule has 0 radical (unpaired) electrons. The zero-order chi connectivity index (χ0) is 20.8. The van der Waals surface area contributed by atoms with E-state index in [1.165, 1.54) is 0 Å². The lowest BCUT2D eigenvalue weighted by atomic mass is 10.2. The first kappa shape index (κ1) is 19.4. The largest absolute Gasteiger partial charge is 0.473 e. The van der Waals surface area contributed by atoms with Gasteiger partial charge in [0.05, 0.1) is 17.4 Å². The van der Waals surface area contributed by atoms with Crippen LogP contribution in [0.4, 0.5) is 5.69 Å². The van der Waals surface area contributed by atoms with Crippen molar-refractivity contribution in [2.45, 2.75) is 26.0 Å². The lowest BCUT2D eigenvalue weighted by Gasteiger charge is -2.08. The third-order valence-corrected chi connectivity index (χ3v) is 4.61. The van der Waals surface area contributed by atoms with Gasteiger partial charge in [-0.15, -0.1) is 0 Å². The number of hydrogen-bond acceptors (Lipinski definition) is 5. The molecule has 0 unspecified atom stereocenters. The minimum atomic E-state index is -0.410. The van der Waals surface area contributed by atoms with Crippen LogP contribution in [0, 0.1) is 0 Å². The predicted octanol–water partition coefficient (Wildman–Crippen LogP) is 3.99. The number of benzene rings is 2. The summed E-state index contributed by atoms with van der Waals surface area (Å²) in [6, 6.07) is 20.5. The number of nitrogens with one attached hydrogen (secondary N) is 1. The highest BCUT2D eigenvalue weighted by Crippen LogP contribution is 2.15. The van der Waals surface area contributed by atoms with E-state index in [-0.39, 0.29) is 12.3 Å². The summed E-state index contributed by atoms with van der Waals surface area (Å²) in [5, 5.41) is 2.81. The maximum absolute atomic E-state index is 12.2. The molecule has 0 saturated heterocycles. The Morgan fingerprint density at radius 2 is 1.83 bits per heavy atom. The van der Waals surface area contributed by atoms with Gasteiger partial charge in [-0.3, -0.25) is 9.36 Å². The van der Waals surface area contributed by atoms with Crippen LogP contribution in [0.5, 0.6) is 5.88 Å². The minimum absolute atomic E-state index is 0.143. The monoisotopic (exact) mass is 403 g/mol. The fourth-order valence-corrected chi connectivity index (χ4v) is 3.12. The number of fused-ring (bicyclic) bond motifs is 1. The number of rotatable bonds is 8.